The van der Waals surface area contributed by atoms with Crippen LogP contribution in [0.15, 0.2) is 17.1 Å². The summed E-state index contributed by atoms with van der Waals surface area (Å²) in [4.78, 5) is 41.3. The van der Waals surface area contributed by atoms with Crippen LogP contribution >= 0.6 is 0 Å². The summed E-state index contributed by atoms with van der Waals surface area (Å²) in [6.45, 7) is 5.34. The van der Waals surface area contributed by atoms with E-state index in [1.54, 1.807) is 33.0 Å². The standard InChI is InChI=1S/C20H25N3O6/c1-20(2,3)29-14(24)10-22-18(26)15-16(25)12-8-11(13-6-5-7-28-13)9-21-17(12)23(4)19(15)27/h8-9,13,25H,5-7,10H2,1-4H3,(H,22,26). The predicted molar refractivity (Wildman–Crippen MR) is 105 cm³/mol. The zero-order valence-electron chi connectivity index (χ0n) is 16.9. The van der Waals surface area contributed by atoms with E-state index < -0.39 is 40.9 Å². The Bertz CT molecular complexity index is 1020. The molecule has 156 valence electrons. The summed E-state index contributed by atoms with van der Waals surface area (Å²) < 4.78 is 12.0. The van der Waals surface area contributed by atoms with Gasteiger partial charge in [0, 0.05) is 19.9 Å². The van der Waals surface area contributed by atoms with Gasteiger partial charge in [0.15, 0.2) is 0 Å². The third kappa shape index (κ3) is 4.40. The maximum Gasteiger partial charge on any atom is 0.325 e. The second kappa shape index (κ2) is 7.82. The second-order valence-corrected chi connectivity index (χ2v) is 8.00. The molecule has 1 aliphatic rings. The largest absolute Gasteiger partial charge is 0.506 e. The molecule has 1 amide bonds. The van der Waals surface area contributed by atoms with Crippen molar-refractivity contribution in [3.05, 3.63) is 33.7 Å². The van der Waals surface area contributed by atoms with Crippen LogP contribution in [0.3, 0.4) is 0 Å². The van der Waals surface area contributed by atoms with Crippen LogP contribution in [0.1, 0.15) is 55.6 Å². The summed E-state index contributed by atoms with van der Waals surface area (Å²) in [5.74, 6) is -1.99. The Morgan fingerprint density at radius 3 is 2.76 bits per heavy atom. The summed E-state index contributed by atoms with van der Waals surface area (Å²) in [5.41, 5.74) is -0.848. The highest BCUT2D eigenvalue weighted by molar-refractivity contribution is 6.02. The Morgan fingerprint density at radius 2 is 2.14 bits per heavy atom. The minimum absolute atomic E-state index is 0.132. The first-order valence-corrected chi connectivity index (χ1v) is 9.41. The van der Waals surface area contributed by atoms with Gasteiger partial charge < -0.3 is 19.9 Å². The summed E-state index contributed by atoms with van der Waals surface area (Å²) in [5, 5.41) is 13.3. The number of fused-ring (bicyclic) bond motifs is 1. The lowest BCUT2D eigenvalue weighted by atomic mass is 10.1. The Kier molecular flexibility index (Phi) is 5.61. The fourth-order valence-electron chi connectivity index (χ4n) is 3.25. The van der Waals surface area contributed by atoms with Crippen LogP contribution in [-0.4, -0.2) is 45.3 Å². The summed E-state index contributed by atoms with van der Waals surface area (Å²) >= 11 is 0. The smallest absolute Gasteiger partial charge is 0.325 e. The third-order valence-corrected chi connectivity index (χ3v) is 4.56. The molecular formula is C20H25N3O6. The van der Waals surface area contributed by atoms with Crippen molar-refractivity contribution < 1.29 is 24.2 Å². The SMILES string of the molecule is Cn1c(=O)c(C(=O)NCC(=O)OC(C)(C)C)c(O)c2cc(C3CCCO3)cnc21. The summed E-state index contributed by atoms with van der Waals surface area (Å²) in [7, 11) is 1.47. The van der Waals surface area contributed by atoms with E-state index in [-0.39, 0.29) is 17.1 Å². The molecule has 1 saturated heterocycles. The van der Waals surface area contributed by atoms with E-state index in [4.69, 9.17) is 9.47 Å². The number of aromatic nitrogens is 2. The number of rotatable bonds is 4. The molecule has 0 aliphatic carbocycles. The van der Waals surface area contributed by atoms with Gasteiger partial charge in [-0.25, -0.2) is 4.98 Å². The van der Waals surface area contributed by atoms with Crippen molar-refractivity contribution in [2.75, 3.05) is 13.2 Å². The van der Waals surface area contributed by atoms with Crippen LogP contribution in [-0.2, 0) is 21.3 Å². The normalized spacial score (nSPS) is 16.8. The van der Waals surface area contributed by atoms with E-state index in [0.29, 0.717) is 6.61 Å². The van der Waals surface area contributed by atoms with Gasteiger partial charge in [-0.2, -0.15) is 0 Å². The lowest BCUT2D eigenvalue weighted by Gasteiger charge is -2.19. The zero-order valence-corrected chi connectivity index (χ0v) is 16.9. The number of hydrogen-bond acceptors (Lipinski definition) is 7. The molecule has 0 bridgehead atoms. The van der Waals surface area contributed by atoms with Crippen molar-refractivity contribution in [3.8, 4) is 5.75 Å². The number of nitrogens with zero attached hydrogens (tertiary/aromatic N) is 2. The van der Waals surface area contributed by atoms with Gasteiger partial charge in [-0.15, -0.1) is 0 Å². The maximum atomic E-state index is 12.6. The number of ether oxygens (including phenoxy) is 2. The first kappa shape index (κ1) is 20.8. The van der Waals surface area contributed by atoms with E-state index in [2.05, 4.69) is 10.3 Å². The molecule has 0 saturated carbocycles. The number of hydrogen-bond donors (Lipinski definition) is 2. The zero-order chi connectivity index (χ0) is 21.3. The van der Waals surface area contributed by atoms with Gasteiger partial charge in [-0.3, -0.25) is 19.0 Å². The number of aromatic hydroxyl groups is 1. The summed E-state index contributed by atoms with van der Waals surface area (Å²) in [6, 6.07) is 1.68. The summed E-state index contributed by atoms with van der Waals surface area (Å²) in [6.07, 6.45) is 3.25. The highest BCUT2D eigenvalue weighted by Crippen LogP contribution is 2.32. The Hall–Kier alpha value is -2.94. The van der Waals surface area contributed by atoms with Crippen molar-refractivity contribution in [3.63, 3.8) is 0 Å². The molecule has 1 aliphatic heterocycles. The van der Waals surface area contributed by atoms with Gasteiger partial charge >= 0.3 is 5.97 Å². The molecule has 2 N–H and O–H groups in total. The van der Waals surface area contributed by atoms with Crippen molar-refractivity contribution in [1.82, 2.24) is 14.9 Å². The molecule has 9 nitrogen and oxygen atoms in total. The number of amides is 1. The number of esters is 1. The Balaban J connectivity index is 1.93. The first-order valence-electron chi connectivity index (χ1n) is 9.41. The van der Waals surface area contributed by atoms with Gasteiger partial charge in [-0.1, -0.05) is 0 Å². The Morgan fingerprint density at radius 1 is 1.41 bits per heavy atom. The lowest BCUT2D eigenvalue weighted by Crippen LogP contribution is -2.37. The molecule has 29 heavy (non-hydrogen) atoms. The molecule has 1 atom stereocenters. The fraction of sp³-hybridized carbons (Fsp3) is 0.500. The quantitative estimate of drug-likeness (QED) is 0.744. The van der Waals surface area contributed by atoms with E-state index in [1.165, 1.54) is 11.6 Å². The van der Waals surface area contributed by atoms with Crippen LogP contribution in [0.2, 0.25) is 0 Å². The molecule has 0 radical (unpaired) electrons. The molecule has 1 unspecified atom stereocenters. The predicted octanol–water partition coefficient (Wildman–Crippen LogP) is 1.56. The van der Waals surface area contributed by atoms with Gasteiger partial charge in [0.2, 0.25) is 0 Å². The van der Waals surface area contributed by atoms with Crippen LogP contribution in [0.5, 0.6) is 5.75 Å². The fourth-order valence-corrected chi connectivity index (χ4v) is 3.25. The highest BCUT2D eigenvalue weighted by Gasteiger charge is 2.25. The second-order valence-electron chi connectivity index (χ2n) is 8.00. The van der Waals surface area contributed by atoms with Crippen molar-refractivity contribution >= 4 is 22.9 Å². The van der Waals surface area contributed by atoms with Crippen molar-refractivity contribution in [1.29, 1.82) is 0 Å². The minimum Gasteiger partial charge on any atom is -0.506 e. The van der Waals surface area contributed by atoms with Gasteiger partial charge in [0.25, 0.3) is 11.5 Å². The van der Waals surface area contributed by atoms with Crippen LogP contribution in [0, 0.1) is 0 Å². The Labute approximate surface area is 167 Å². The van der Waals surface area contributed by atoms with Crippen molar-refractivity contribution in [2.24, 2.45) is 7.05 Å². The van der Waals surface area contributed by atoms with Crippen LogP contribution in [0.4, 0.5) is 0 Å². The van der Waals surface area contributed by atoms with E-state index >= 15 is 0 Å². The number of carbonyl (C=O) groups excluding carboxylic acids is 2. The van der Waals surface area contributed by atoms with Crippen molar-refractivity contribution in [2.45, 2.75) is 45.3 Å². The van der Waals surface area contributed by atoms with Gasteiger partial charge in [0.05, 0.1) is 11.5 Å². The van der Waals surface area contributed by atoms with E-state index in [1.807, 2.05) is 0 Å². The number of carbonyl (C=O) groups is 2. The van der Waals surface area contributed by atoms with E-state index in [0.717, 1.165) is 18.4 Å². The number of pyridine rings is 2. The van der Waals surface area contributed by atoms with Crippen LogP contribution < -0.4 is 10.9 Å². The van der Waals surface area contributed by atoms with Crippen LogP contribution in [0.25, 0.3) is 11.0 Å². The first-order chi connectivity index (χ1) is 13.6. The number of aryl methyl sites for hydroxylation is 1. The van der Waals surface area contributed by atoms with E-state index in [9.17, 15) is 19.5 Å². The van der Waals surface area contributed by atoms with Gasteiger partial charge in [0.1, 0.15) is 29.1 Å². The lowest BCUT2D eigenvalue weighted by molar-refractivity contribution is -0.153. The maximum absolute atomic E-state index is 12.6. The molecule has 2 aromatic rings. The molecule has 3 heterocycles. The topological polar surface area (TPSA) is 120 Å². The molecule has 3 rings (SSSR count). The molecule has 9 heteroatoms. The highest BCUT2D eigenvalue weighted by atomic mass is 16.6. The van der Waals surface area contributed by atoms with Gasteiger partial charge in [-0.05, 0) is 45.2 Å². The average Bonchev–Trinajstić information content (AvgIpc) is 3.17. The molecule has 0 spiro atoms. The molecule has 2 aromatic heterocycles. The molecule has 0 aromatic carbocycles. The molecular weight excluding hydrogens is 378 g/mol. The average molecular weight is 403 g/mol. The third-order valence-electron chi connectivity index (χ3n) is 4.56. The molecule has 1 fully saturated rings. The minimum atomic E-state index is -0.863. The monoisotopic (exact) mass is 403 g/mol. The number of nitrogens with one attached hydrogen (secondary N) is 1.